The molecule has 1 atom stereocenters. The van der Waals surface area contributed by atoms with Gasteiger partial charge in [0, 0.05) is 24.7 Å². The number of rotatable bonds is 3. The molecule has 1 aromatic heterocycles. The first-order valence-electron chi connectivity index (χ1n) is 10.0. The normalized spacial score (nSPS) is 25.3. The van der Waals surface area contributed by atoms with Crippen molar-refractivity contribution < 1.29 is 14.4 Å². The number of aromatic amines is 1. The van der Waals surface area contributed by atoms with E-state index < -0.39 is 11.6 Å². The second-order valence-electron chi connectivity index (χ2n) is 8.44. The summed E-state index contributed by atoms with van der Waals surface area (Å²) in [6.07, 6.45) is 3.24. The Labute approximate surface area is 166 Å². The van der Waals surface area contributed by atoms with Gasteiger partial charge in [-0.15, -0.1) is 0 Å². The van der Waals surface area contributed by atoms with Gasteiger partial charge < -0.3 is 15.2 Å². The fourth-order valence-electron chi connectivity index (χ4n) is 4.64. The third-order valence-corrected chi connectivity index (χ3v) is 6.55. The number of nitrogens with zero attached hydrogens (tertiary/aromatic N) is 2. The largest absolute Gasteiger partial charge is 0.339 e. The fraction of sp³-hybridized carbons (Fsp3) is 0.500. The summed E-state index contributed by atoms with van der Waals surface area (Å²) in [7, 11) is 0. The minimum atomic E-state index is -0.920. The second-order valence-corrected chi connectivity index (χ2v) is 8.44. The molecule has 3 heterocycles. The number of H-pyrrole nitrogens is 1. The van der Waals surface area contributed by atoms with Crippen molar-refractivity contribution in [2.75, 3.05) is 13.1 Å². The third-order valence-electron chi connectivity index (χ3n) is 6.55. The van der Waals surface area contributed by atoms with E-state index in [0.29, 0.717) is 31.5 Å². The average molecular weight is 397 g/mol. The number of hydrogen-bond donors (Lipinski definition) is 3. The highest BCUT2D eigenvalue weighted by molar-refractivity contribution is 6.07. The minimum Gasteiger partial charge on any atom is -0.339 e. The van der Waals surface area contributed by atoms with Crippen LogP contribution in [0.5, 0.6) is 0 Å². The highest BCUT2D eigenvalue weighted by atomic mass is 16.2. The maximum absolute atomic E-state index is 13.1. The molecule has 2 aromatic rings. The van der Waals surface area contributed by atoms with Crippen LogP contribution >= 0.6 is 0 Å². The topological polar surface area (TPSA) is 116 Å². The van der Waals surface area contributed by atoms with Gasteiger partial charge in [-0.1, -0.05) is 0 Å². The van der Waals surface area contributed by atoms with E-state index in [9.17, 15) is 19.2 Å². The molecule has 9 heteroatoms. The maximum Gasteiger partial charge on any atom is 0.326 e. The van der Waals surface area contributed by atoms with Crippen molar-refractivity contribution in [2.45, 2.75) is 44.2 Å². The number of carbonyl (C=O) groups is 3. The van der Waals surface area contributed by atoms with E-state index in [1.165, 1.54) is 0 Å². The van der Waals surface area contributed by atoms with Crippen LogP contribution in [0.1, 0.15) is 49.0 Å². The highest BCUT2D eigenvalue weighted by Crippen LogP contribution is 2.36. The molecular formula is C20H23N5O4. The number of hydrogen-bond acceptors (Lipinski definition) is 4. The van der Waals surface area contributed by atoms with Gasteiger partial charge in [-0.05, 0) is 56.7 Å². The minimum absolute atomic E-state index is 0.0230. The van der Waals surface area contributed by atoms with Gasteiger partial charge in [0.15, 0.2) is 0 Å². The zero-order chi connectivity index (χ0) is 20.3. The van der Waals surface area contributed by atoms with Crippen molar-refractivity contribution in [1.29, 1.82) is 0 Å². The Morgan fingerprint density at radius 1 is 1.10 bits per heavy atom. The lowest BCUT2D eigenvalue weighted by atomic mass is 9.79. The van der Waals surface area contributed by atoms with Crippen LogP contribution in [0.2, 0.25) is 0 Å². The lowest BCUT2D eigenvalue weighted by Crippen LogP contribution is -2.54. The number of aromatic nitrogens is 2. The van der Waals surface area contributed by atoms with Gasteiger partial charge in [0.2, 0.25) is 0 Å². The molecular weight excluding hydrogens is 374 g/mol. The molecule has 3 N–H and O–H groups in total. The smallest absolute Gasteiger partial charge is 0.326 e. The van der Waals surface area contributed by atoms with Crippen LogP contribution < -0.4 is 16.3 Å². The number of urea groups is 1. The van der Waals surface area contributed by atoms with Gasteiger partial charge in [-0.3, -0.25) is 19.5 Å². The van der Waals surface area contributed by atoms with Gasteiger partial charge in [-0.2, -0.15) is 0 Å². The first-order chi connectivity index (χ1) is 13.9. The summed E-state index contributed by atoms with van der Waals surface area (Å²) in [6, 6.07) is 5.10. The molecule has 2 saturated heterocycles. The van der Waals surface area contributed by atoms with Crippen LogP contribution in [0.3, 0.4) is 0 Å². The average Bonchev–Trinajstić information content (AvgIpc) is 3.42. The molecule has 152 valence electrons. The van der Waals surface area contributed by atoms with Gasteiger partial charge in [0.25, 0.3) is 11.8 Å². The predicted octanol–water partition coefficient (Wildman–Crippen LogP) is 1.11. The number of amides is 4. The number of fused-ring (bicyclic) bond motifs is 1. The van der Waals surface area contributed by atoms with Gasteiger partial charge in [0.05, 0.1) is 11.0 Å². The Hall–Kier alpha value is -3.10. The first-order valence-corrected chi connectivity index (χ1v) is 10.0. The maximum atomic E-state index is 13.1. The quantitative estimate of drug-likeness (QED) is 0.673. The third kappa shape index (κ3) is 2.83. The molecule has 0 spiro atoms. The van der Waals surface area contributed by atoms with Crippen LogP contribution in [0.25, 0.3) is 11.0 Å². The molecule has 3 fully saturated rings. The van der Waals surface area contributed by atoms with Crippen LogP contribution in [-0.2, 0) is 4.79 Å². The number of nitrogens with one attached hydrogen (secondary N) is 3. The summed E-state index contributed by atoms with van der Waals surface area (Å²) < 4.78 is 1.75. The number of benzene rings is 1. The second kappa shape index (κ2) is 6.20. The number of imide groups is 1. The SMILES string of the molecule is CC1(C2CCN(C(=O)c3ccc4[nH]c(=O)n(C5CC5)c4c3)CC2)NC(=O)NC1=O. The van der Waals surface area contributed by atoms with Gasteiger partial charge in [0.1, 0.15) is 5.54 Å². The Morgan fingerprint density at radius 2 is 1.83 bits per heavy atom. The monoisotopic (exact) mass is 397 g/mol. The zero-order valence-corrected chi connectivity index (χ0v) is 16.2. The number of imidazole rings is 1. The Morgan fingerprint density at radius 3 is 2.45 bits per heavy atom. The molecule has 1 saturated carbocycles. The lowest BCUT2D eigenvalue weighted by Gasteiger charge is -2.38. The van der Waals surface area contributed by atoms with E-state index in [2.05, 4.69) is 15.6 Å². The molecule has 2 aliphatic heterocycles. The molecule has 4 amide bonds. The molecule has 1 unspecified atom stereocenters. The summed E-state index contributed by atoms with van der Waals surface area (Å²) in [6.45, 7) is 2.78. The Balaban J connectivity index is 1.33. The van der Waals surface area contributed by atoms with E-state index in [-0.39, 0.29) is 29.5 Å². The molecule has 0 radical (unpaired) electrons. The molecule has 9 nitrogen and oxygen atoms in total. The Kier molecular flexibility index (Phi) is 3.84. The summed E-state index contributed by atoms with van der Waals surface area (Å²) in [5, 5.41) is 5.03. The fourth-order valence-corrected chi connectivity index (χ4v) is 4.64. The molecule has 1 aromatic carbocycles. The predicted molar refractivity (Wildman–Crippen MR) is 105 cm³/mol. The number of piperidine rings is 1. The van der Waals surface area contributed by atoms with Crippen molar-refractivity contribution in [3.8, 4) is 0 Å². The lowest BCUT2D eigenvalue weighted by molar-refractivity contribution is -0.125. The van der Waals surface area contributed by atoms with Crippen LogP contribution in [0, 0.1) is 5.92 Å². The molecule has 1 aliphatic carbocycles. The highest BCUT2D eigenvalue weighted by Gasteiger charge is 2.48. The first kappa shape index (κ1) is 18.0. The number of likely N-dealkylation sites (tertiary alicyclic amines) is 1. The van der Waals surface area contributed by atoms with Crippen LogP contribution in [0.4, 0.5) is 4.79 Å². The summed E-state index contributed by atoms with van der Waals surface area (Å²) in [5.41, 5.74) is 1.03. The van der Waals surface area contributed by atoms with Crippen molar-refractivity contribution in [3.63, 3.8) is 0 Å². The zero-order valence-electron chi connectivity index (χ0n) is 16.2. The summed E-state index contributed by atoms with van der Waals surface area (Å²) in [4.78, 5) is 53.6. The van der Waals surface area contributed by atoms with E-state index >= 15 is 0 Å². The molecule has 29 heavy (non-hydrogen) atoms. The van der Waals surface area contributed by atoms with Gasteiger partial charge in [-0.25, -0.2) is 9.59 Å². The molecule has 3 aliphatic rings. The van der Waals surface area contributed by atoms with E-state index in [0.717, 1.165) is 23.9 Å². The molecule has 0 bridgehead atoms. The van der Waals surface area contributed by atoms with Crippen LogP contribution in [0.15, 0.2) is 23.0 Å². The van der Waals surface area contributed by atoms with E-state index in [1.807, 2.05) is 0 Å². The van der Waals surface area contributed by atoms with Crippen molar-refractivity contribution in [1.82, 2.24) is 25.1 Å². The van der Waals surface area contributed by atoms with Gasteiger partial charge >= 0.3 is 11.7 Å². The van der Waals surface area contributed by atoms with Crippen molar-refractivity contribution in [3.05, 3.63) is 34.2 Å². The van der Waals surface area contributed by atoms with Crippen molar-refractivity contribution >= 4 is 28.9 Å². The molecule has 5 rings (SSSR count). The number of carbonyl (C=O) groups excluding carboxylic acids is 3. The van der Waals surface area contributed by atoms with Crippen LogP contribution in [-0.4, -0.2) is 50.9 Å². The summed E-state index contributed by atoms with van der Waals surface area (Å²) in [5.74, 6) is -0.403. The van der Waals surface area contributed by atoms with E-state index in [4.69, 9.17) is 0 Å². The van der Waals surface area contributed by atoms with E-state index in [1.54, 1.807) is 34.6 Å². The standard InChI is InChI=1S/C20H23N5O4/c1-20(17(27)22-18(28)23-20)12-6-8-24(9-7-12)16(26)11-2-5-14-15(10-11)25(13-3-4-13)19(29)21-14/h2,5,10,12-13H,3-4,6-9H2,1H3,(H,21,29)(H2,22,23,27,28). The summed E-state index contributed by atoms with van der Waals surface area (Å²) >= 11 is 0. The van der Waals surface area contributed by atoms with Crippen molar-refractivity contribution in [2.24, 2.45) is 5.92 Å². The Bertz CT molecular complexity index is 1090.